The Morgan fingerprint density at radius 3 is 3.00 bits per heavy atom. The lowest BCUT2D eigenvalue weighted by atomic mass is 10.3. The number of aromatic nitrogens is 2. The molecular weight excluding hydrogens is 256 g/mol. The van der Waals surface area contributed by atoms with E-state index in [4.69, 9.17) is 4.98 Å². The van der Waals surface area contributed by atoms with Gasteiger partial charge in [-0.3, -0.25) is 0 Å². The van der Waals surface area contributed by atoms with Crippen molar-refractivity contribution in [2.45, 2.75) is 32.0 Å². The second kappa shape index (κ2) is 5.67. The van der Waals surface area contributed by atoms with E-state index in [0.29, 0.717) is 0 Å². The van der Waals surface area contributed by atoms with Crippen LogP contribution in [0.25, 0.3) is 0 Å². The molecule has 2 aromatic rings. The van der Waals surface area contributed by atoms with E-state index in [0.717, 1.165) is 36.3 Å². The second-order valence-corrected chi connectivity index (χ2v) is 5.70. The van der Waals surface area contributed by atoms with Gasteiger partial charge < -0.3 is 10.2 Å². The minimum absolute atomic E-state index is 0.721. The predicted octanol–water partition coefficient (Wildman–Crippen LogP) is 2.43. The SMILES string of the molecule is CN(Cc1cscn1)c1cccc(CNC2CC2)n1. The van der Waals surface area contributed by atoms with Gasteiger partial charge in [0.1, 0.15) is 5.82 Å². The van der Waals surface area contributed by atoms with Crippen LogP contribution in [0.3, 0.4) is 0 Å². The molecule has 2 aromatic heterocycles. The first-order chi connectivity index (χ1) is 9.31. The minimum atomic E-state index is 0.721. The number of nitrogens with one attached hydrogen (secondary N) is 1. The highest BCUT2D eigenvalue weighted by Crippen LogP contribution is 2.19. The van der Waals surface area contributed by atoms with Gasteiger partial charge in [0, 0.05) is 25.0 Å². The van der Waals surface area contributed by atoms with Crippen LogP contribution in [0.1, 0.15) is 24.2 Å². The molecule has 1 fully saturated rings. The van der Waals surface area contributed by atoms with Crippen molar-refractivity contribution < 1.29 is 0 Å². The van der Waals surface area contributed by atoms with Crippen LogP contribution in [0.5, 0.6) is 0 Å². The van der Waals surface area contributed by atoms with Gasteiger partial charge in [-0.1, -0.05) is 6.07 Å². The molecule has 4 nitrogen and oxygen atoms in total. The van der Waals surface area contributed by atoms with Gasteiger partial charge >= 0.3 is 0 Å². The highest BCUT2D eigenvalue weighted by molar-refractivity contribution is 7.07. The lowest BCUT2D eigenvalue weighted by Crippen LogP contribution is -2.20. The molecule has 100 valence electrons. The van der Waals surface area contributed by atoms with Crippen molar-refractivity contribution in [1.82, 2.24) is 15.3 Å². The Balaban J connectivity index is 1.63. The molecule has 0 unspecified atom stereocenters. The van der Waals surface area contributed by atoms with Crippen molar-refractivity contribution in [2.24, 2.45) is 0 Å². The van der Waals surface area contributed by atoms with E-state index in [9.17, 15) is 0 Å². The zero-order valence-electron chi connectivity index (χ0n) is 11.0. The number of hydrogen-bond acceptors (Lipinski definition) is 5. The summed E-state index contributed by atoms with van der Waals surface area (Å²) in [6.07, 6.45) is 2.62. The molecule has 0 aliphatic heterocycles. The second-order valence-electron chi connectivity index (χ2n) is 4.98. The summed E-state index contributed by atoms with van der Waals surface area (Å²) in [4.78, 5) is 11.1. The van der Waals surface area contributed by atoms with Crippen molar-refractivity contribution in [3.8, 4) is 0 Å². The third-order valence-electron chi connectivity index (χ3n) is 3.22. The van der Waals surface area contributed by atoms with E-state index in [2.05, 4.69) is 39.8 Å². The van der Waals surface area contributed by atoms with Gasteiger partial charge in [-0.2, -0.15) is 0 Å². The van der Waals surface area contributed by atoms with Crippen LogP contribution in [-0.2, 0) is 13.1 Å². The molecule has 1 aliphatic rings. The van der Waals surface area contributed by atoms with Crippen molar-refractivity contribution >= 4 is 17.2 Å². The van der Waals surface area contributed by atoms with E-state index in [-0.39, 0.29) is 0 Å². The first-order valence-electron chi connectivity index (χ1n) is 6.59. The number of nitrogens with zero attached hydrogens (tertiary/aromatic N) is 3. The largest absolute Gasteiger partial charge is 0.354 e. The lowest BCUT2D eigenvalue weighted by molar-refractivity contribution is 0.673. The topological polar surface area (TPSA) is 41.1 Å². The molecule has 0 amide bonds. The Hall–Kier alpha value is -1.46. The first kappa shape index (κ1) is 12.6. The smallest absolute Gasteiger partial charge is 0.128 e. The fourth-order valence-electron chi connectivity index (χ4n) is 1.95. The number of pyridine rings is 1. The Kier molecular flexibility index (Phi) is 3.75. The zero-order valence-corrected chi connectivity index (χ0v) is 11.9. The molecule has 1 saturated carbocycles. The fraction of sp³-hybridized carbons (Fsp3) is 0.429. The van der Waals surface area contributed by atoms with Crippen LogP contribution in [0.2, 0.25) is 0 Å². The van der Waals surface area contributed by atoms with Gasteiger partial charge in [0.25, 0.3) is 0 Å². The van der Waals surface area contributed by atoms with E-state index >= 15 is 0 Å². The van der Waals surface area contributed by atoms with E-state index in [1.807, 2.05) is 11.6 Å². The summed E-state index contributed by atoms with van der Waals surface area (Å²) in [6, 6.07) is 6.92. The first-order valence-corrected chi connectivity index (χ1v) is 7.53. The van der Waals surface area contributed by atoms with Gasteiger partial charge in [0.2, 0.25) is 0 Å². The highest BCUT2D eigenvalue weighted by atomic mass is 32.1. The molecular formula is C14H18N4S. The Morgan fingerprint density at radius 1 is 1.37 bits per heavy atom. The molecule has 0 saturated heterocycles. The summed E-state index contributed by atoms with van der Waals surface area (Å²) in [7, 11) is 2.06. The number of rotatable bonds is 6. The summed E-state index contributed by atoms with van der Waals surface area (Å²) < 4.78 is 0. The molecule has 0 atom stereocenters. The molecule has 1 aliphatic carbocycles. The maximum Gasteiger partial charge on any atom is 0.128 e. The normalized spacial score (nSPS) is 14.6. The van der Waals surface area contributed by atoms with Crippen LogP contribution in [0.15, 0.2) is 29.1 Å². The third-order valence-corrected chi connectivity index (χ3v) is 3.85. The maximum absolute atomic E-state index is 4.69. The Morgan fingerprint density at radius 2 is 2.26 bits per heavy atom. The zero-order chi connectivity index (χ0) is 13.1. The molecule has 1 N–H and O–H groups in total. The molecule has 0 aromatic carbocycles. The molecule has 0 spiro atoms. The third kappa shape index (κ3) is 3.52. The van der Waals surface area contributed by atoms with Crippen molar-refractivity contribution in [3.05, 3.63) is 40.5 Å². The monoisotopic (exact) mass is 274 g/mol. The molecule has 3 rings (SSSR count). The number of anilines is 1. The maximum atomic E-state index is 4.69. The van der Waals surface area contributed by atoms with Gasteiger partial charge in [0.05, 0.1) is 23.4 Å². The van der Waals surface area contributed by atoms with E-state index in [1.54, 1.807) is 11.3 Å². The summed E-state index contributed by atoms with van der Waals surface area (Å²) in [5.41, 5.74) is 4.07. The quantitative estimate of drug-likeness (QED) is 0.878. The van der Waals surface area contributed by atoms with Gasteiger partial charge in [0.15, 0.2) is 0 Å². The Bertz CT molecular complexity index is 522. The fourth-order valence-corrected chi connectivity index (χ4v) is 2.50. The van der Waals surface area contributed by atoms with Crippen molar-refractivity contribution in [2.75, 3.05) is 11.9 Å². The van der Waals surface area contributed by atoms with Gasteiger partial charge in [-0.15, -0.1) is 11.3 Å². The van der Waals surface area contributed by atoms with Crippen LogP contribution >= 0.6 is 11.3 Å². The van der Waals surface area contributed by atoms with Crippen LogP contribution < -0.4 is 10.2 Å². The average molecular weight is 274 g/mol. The van der Waals surface area contributed by atoms with Crippen molar-refractivity contribution in [3.63, 3.8) is 0 Å². The summed E-state index contributed by atoms with van der Waals surface area (Å²) in [5.74, 6) is 1.00. The van der Waals surface area contributed by atoms with Gasteiger partial charge in [-0.05, 0) is 25.0 Å². The lowest BCUT2D eigenvalue weighted by Gasteiger charge is -2.17. The van der Waals surface area contributed by atoms with Crippen LogP contribution in [0.4, 0.5) is 5.82 Å². The highest BCUT2D eigenvalue weighted by Gasteiger charge is 2.20. The summed E-state index contributed by atoms with van der Waals surface area (Å²) >= 11 is 1.63. The standard InChI is InChI=1S/C14H18N4S/c1-18(8-13-9-19-10-16-13)14-4-2-3-12(17-14)7-15-11-5-6-11/h2-4,9-11,15H,5-8H2,1H3. The Labute approximate surface area is 117 Å². The van der Waals surface area contributed by atoms with Gasteiger partial charge in [-0.25, -0.2) is 9.97 Å². The van der Waals surface area contributed by atoms with Crippen LogP contribution in [0, 0.1) is 0 Å². The van der Waals surface area contributed by atoms with Crippen molar-refractivity contribution in [1.29, 1.82) is 0 Å². The summed E-state index contributed by atoms with van der Waals surface area (Å²) in [5, 5.41) is 5.57. The summed E-state index contributed by atoms with van der Waals surface area (Å²) in [6.45, 7) is 1.67. The predicted molar refractivity (Wildman–Crippen MR) is 78.3 cm³/mol. The minimum Gasteiger partial charge on any atom is -0.354 e. The van der Waals surface area contributed by atoms with Crippen LogP contribution in [-0.4, -0.2) is 23.1 Å². The molecule has 0 bridgehead atoms. The number of thiazole rings is 1. The number of hydrogen-bond donors (Lipinski definition) is 1. The molecule has 19 heavy (non-hydrogen) atoms. The van der Waals surface area contributed by atoms with E-state index in [1.165, 1.54) is 12.8 Å². The average Bonchev–Trinajstić information content (AvgIpc) is 3.13. The molecule has 5 heteroatoms. The molecule has 2 heterocycles. The van der Waals surface area contributed by atoms with E-state index < -0.39 is 0 Å². The molecule has 0 radical (unpaired) electrons.